The van der Waals surface area contributed by atoms with Crippen LogP contribution in [0.2, 0.25) is 0 Å². The Morgan fingerprint density at radius 1 is 1.20 bits per heavy atom. The second-order valence-electron chi connectivity index (χ2n) is 4.63. The number of rotatable bonds is 0. The number of carbonyl (C=O) groups excluding carboxylic acids is 1. The fourth-order valence-electron chi connectivity index (χ4n) is 3.00. The van der Waals surface area contributed by atoms with Gasteiger partial charge in [-0.3, -0.25) is 4.79 Å². The van der Waals surface area contributed by atoms with Gasteiger partial charge in [-0.2, -0.15) is 0 Å². The Bertz CT molecular complexity index is 432. The minimum atomic E-state index is -0.103. The summed E-state index contributed by atoms with van der Waals surface area (Å²) in [4.78, 5) is 12.1. The molecule has 2 heteroatoms. The van der Waals surface area contributed by atoms with Gasteiger partial charge in [0.25, 0.3) is 0 Å². The molecule has 0 unspecified atom stereocenters. The summed E-state index contributed by atoms with van der Waals surface area (Å²) in [6.45, 7) is 0. The third-order valence-electron chi connectivity index (χ3n) is 3.94. The van der Waals surface area contributed by atoms with Crippen LogP contribution in [0.5, 0.6) is 0 Å². The number of halogens is 1. The van der Waals surface area contributed by atoms with Crippen LogP contribution in [-0.4, -0.2) is 5.78 Å². The van der Waals surface area contributed by atoms with E-state index in [0.717, 1.165) is 30.2 Å². The summed E-state index contributed by atoms with van der Waals surface area (Å²) < 4.78 is 1.13. The minimum absolute atomic E-state index is 0.103. The van der Waals surface area contributed by atoms with Gasteiger partial charge in [-0.05, 0) is 36.5 Å². The van der Waals surface area contributed by atoms with E-state index < -0.39 is 0 Å². The van der Waals surface area contributed by atoms with E-state index in [2.05, 4.69) is 34.1 Å². The third kappa shape index (κ3) is 1.17. The first-order valence-corrected chi connectivity index (χ1v) is 6.34. The van der Waals surface area contributed by atoms with E-state index >= 15 is 0 Å². The largest absolute Gasteiger partial charge is 0.299 e. The fraction of sp³-hybridized carbons (Fsp3) is 0.462. The Morgan fingerprint density at radius 3 is 2.67 bits per heavy atom. The van der Waals surface area contributed by atoms with Crippen molar-refractivity contribution in [2.24, 2.45) is 0 Å². The van der Waals surface area contributed by atoms with Crippen molar-refractivity contribution in [2.75, 3.05) is 0 Å². The molecule has 0 atom stereocenters. The molecule has 0 bridgehead atoms. The van der Waals surface area contributed by atoms with Crippen LogP contribution in [0.15, 0.2) is 22.7 Å². The van der Waals surface area contributed by atoms with Gasteiger partial charge in [0.15, 0.2) is 0 Å². The number of fused-ring (bicyclic) bond motifs is 2. The number of Topliss-reactive ketones (excluding diaryl/α,β-unsaturated/α-hetero) is 1. The van der Waals surface area contributed by atoms with Crippen molar-refractivity contribution in [3.05, 3.63) is 33.8 Å². The maximum atomic E-state index is 12.1. The van der Waals surface area contributed by atoms with E-state index in [-0.39, 0.29) is 5.41 Å². The van der Waals surface area contributed by atoms with E-state index in [4.69, 9.17) is 0 Å². The molecule has 0 aromatic heterocycles. The molecule has 0 amide bonds. The van der Waals surface area contributed by atoms with Gasteiger partial charge in [0.1, 0.15) is 5.78 Å². The average Bonchev–Trinajstić information content (AvgIpc) is 2.16. The first kappa shape index (κ1) is 9.59. The van der Waals surface area contributed by atoms with E-state index in [1.807, 2.05) is 0 Å². The van der Waals surface area contributed by atoms with Crippen LogP contribution in [0.4, 0.5) is 0 Å². The predicted molar refractivity (Wildman–Crippen MR) is 63.0 cm³/mol. The molecule has 1 spiro atoms. The number of hydrogen-bond donors (Lipinski definition) is 0. The Kier molecular flexibility index (Phi) is 2.03. The van der Waals surface area contributed by atoms with Crippen LogP contribution < -0.4 is 0 Å². The summed E-state index contributed by atoms with van der Waals surface area (Å²) in [6, 6.07) is 6.31. The lowest BCUT2D eigenvalue weighted by atomic mass is 9.57. The molecule has 78 valence electrons. The SMILES string of the molecule is O=C1CCc2cccc(Br)c2C12CCC2. The Labute approximate surface area is 98.0 Å². The van der Waals surface area contributed by atoms with Gasteiger partial charge in [-0.25, -0.2) is 0 Å². The van der Waals surface area contributed by atoms with Crippen molar-refractivity contribution in [2.45, 2.75) is 37.5 Å². The van der Waals surface area contributed by atoms with Crippen molar-refractivity contribution >= 4 is 21.7 Å². The number of carbonyl (C=O) groups is 1. The highest BCUT2D eigenvalue weighted by Crippen LogP contribution is 2.51. The maximum absolute atomic E-state index is 12.1. The van der Waals surface area contributed by atoms with E-state index in [9.17, 15) is 4.79 Å². The van der Waals surface area contributed by atoms with E-state index in [0.29, 0.717) is 5.78 Å². The molecular formula is C13H13BrO. The van der Waals surface area contributed by atoms with Gasteiger partial charge in [0, 0.05) is 10.9 Å². The third-order valence-corrected chi connectivity index (χ3v) is 4.60. The summed E-state index contributed by atoms with van der Waals surface area (Å²) in [5.74, 6) is 0.466. The molecule has 0 heterocycles. The highest BCUT2D eigenvalue weighted by atomic mass is 79.9. The molecule has 2 aliphatic carbocycles. The minimum Gasteiger partial charge on any atom is -0.299 e. The number of aryl methyl sites for hydroxylation is 1. The molecule has 1 nitrogen and oxygen atoms in total. The Balaban J connectivity index is 2.23. The molecule has 0 N–H and O–H groups in total. The van der Waals surface area contributed by atoms with Crippen LogP contribution in [0.25, 0.3) is 0 Å². The van der Waals surface area contributed by atoms with Crippen LogP contribution in [0, 0.1) is 0 Å². The summed E-state index contributed by atoms with van der Waals surface area (Å²) in [6.07, 6.45) is 4.98. The number of benzene rings is 1. The Morgan fingerprint density at radius 2 is 2.00 bits per heavy atom. The monoisotopic (exact) mass is 264 g/mol. The highest BCUT2D eigenvalue weighted by Gasteiger charge is 2.48. The van der Waals surface area contributed by atoms with Gasteiger partial charge in [-0.15, -0.1) is 0 Å². The summed E-state index contributed by atoms with van der Waals surface area (Å²) in [7, 11) is 0. The van der Waals surface area contributed by atoms with Crippen molar-refractivity contribution in [3.8, 4) is 0 Å². The van der Waals surface area contributed by atoms with Crippen molar-refractivity contribution < 1.29 is 4.79 Å². The molecule has 2 aliphatic rings. The second-order valence-corrected chi connectivity index (χ2v) is 5.49. The summed E-state index contributed by atoms with van der Waals surface area (Å²) >= 11 is 3.61. The Hall–Kier alpha value is -0.630. The van der Waals surface area contributed by atoms with E-state index in [1.165, 1.54) is 17.5 Å². The molecule has 15 heavy (non-hydrogen) atoms. The molecular weight excluding hydrogens is 252 g/mol. The summed E-state index contributed by atoms with van der Waals surface area (Å²) in [5, 5.41) is 0. The molecule has 0 radical (unpaired) electrons. The number of ketones is 1. The lowest BCUT2D eigenvalue weighted by Crippen LogP contribution is -2.46. The lowest BCUT2D eigenvalue weighted by molar-refractivity contribution is -0.128. The molecule has 1 aromatic rings. The summed E-state index contributed by atoms with van der Waals surface area (Å²) in [5.41, 5.74) is 2.57. The zero-order chi connectivity index (χ0) is 10.5. The topological polar surface area (TPSA) is 17.1 Å². The molecule has 1 fully saturated rings. The molecule has 0 aliphatic heterocycles. The van der Waals surface area contributed by atoms with Crippen LogP contribution >= 0.6 is 15.9 Å². The first-order valence-electron chi connectivity index (χ1n) is 5.55. The predicted octanol–water partition coefficient (Wildman–Crippen LogP) is 3.39. The molecule has 1 aromatic carbocycles. The standard InChI is InChI=1S/C13H13BrO/c14-10-4-1-3-9-5-6-11(15)13(12(9)10)7-2-8-13/h1,3-4H,2,5-8H2. The molecule has 0 saturated heterocycles. The maximum Gasteiger partial charge on any atom is 0.143 e. The van der Waals surface area contributed by atoms with Crippen LogP contribution in [-0.2, 0) is 16.6 Å². The first-order chi connectivity index (χ1) is 7.24. The van der Waals surface area contributed by atoms with Crippen LogP contribution in [0.3, 0.4) is 0 Å². The van der Waals surface area contributed by atoms with Crippen molar-refractivity contribution in [1.82, 2.24) is 0 Å². The zero-order valence-electron chi connectivity index (χ0n) is 8.55. The van der Waals surface area contributed by atoms with Crippen molar-refractivity contribution in [3.63, 3.8) is 0 Å². The lowest BCUT2D eigenvalue weighted by Gasteiger charge is -2.45. The zero-order valence-corrected chi connectivity index (χ0v) is 10.1. The van der Waals surface area contributed by atoms with Gasteiger partial charge in [-0.1, -0.05) is 34.5 Å². The quantitative estimate of drug-likeness (QED) is 0.702. The molecule has 1 saturated carbocycles. The smallest absolute Gasteiger partial charge is 0.143 e. The fourth-order valence-corrected chi connectivity index (χ4v) is 3.79. The number of hydrogen-bond acceptors (Lipinski definition) is 1. The van der Waals surface area contributed by atoms with Gasteiger partial charge >= 0.3 is 0 Å². The van der Waals surface area contributed by atoms with Gasteiger partial charge in [0.05, 0.1) is 5.41 Å². The van der Waals surface area contributed by atoms with Crippen LogP contribution in [0.1, 0.15) is 36.8 Å². The van der Waals surface area contributed by atoms with Crippen molar-refractivity contribution in [1.29, 1.82) is 0 Å². The van der Waals surface area contributed by atoms with Gasteiger partial charge in [0.2, 0.25) is 0 Å². The average molecular weight is 265 g/mol. The molecule has 3 rings (SSSR count). The van der Waals surface area contributed by atoms with E-state index in [1.54, 1.807) is 0 Å². The highest BCUT2D eigenvalue weighted by molar-refractivity contribution is 9.10. The second kappa shape index (κ2) is 3.18. The van der Waals surface area contributed by atoms with Gasteiger partial charge < -0.3 is 0 Å². The normalized spacial score (nSPS) is 22.3.